The Balaban J connectivity index is 1.67. The van der Waals surface area contributed by atoms with Crippen LogP contribution >= 0.6 is 0 Å². The molecule has 2 aliphatic heterocycles. The van der Waals surface area contributed by atoms with E-state index in [1.807, 2.05) is 19.1 Å². The highest BCUT2D eigenvalue weighted by atomic mass is 16.5. The number of hydrogen-bond donors (Lipinski definition) is 1. The number of ether oxygens (including phenoxy) is 1. The van der Waals surface area contributed by atoms with Gasteiger partial charge >= 0.3 is 0 Å². The van der Waals surface area contributed by atoms with Gasteiger partial charge in [-0.15, -0.1) is 0 Å². The number of aliphatic hydroxyl groups excluding tert-OH is 1. The van der Waals surface area contributed by atoms with E-state index in [0.717, 1.165) is 45.6 Å². The summed E-state index contributed by atoms with van der Waals surface area (Å²) in [4.78, 5) is 7.47. The van der Waals surface area contributed by atoms with Gasteiger partial charge in [0, 0.05) is 38.3 Å². The minimum Gasteiger partial charge on any atom is -0.506 e. The molecule has 0 aromatic heterocycles. The Bertz CT molecular complexity index is 660. The molecule has 2 fully saturated rings. The monoisotopic (exact) mass is 429 g/mol. The highest BCUT2D eigenvalue weighted by Gasteiger charge is 2.33. The minimum absolute atomic E-state index is 0.0938. The van der Waals surface area contributed by atoms with E-state index in [2.05, 4.69) is 53.9 Å². The first kappa shape index (κ1) is 25.3. The van der Waals surface area contributed by atoms with Crippen LogP contribution in [0.25, 0.3) is 0 Å². The van der Waals surface area contributed by atoms with Crippen molar-refractivity contribution in [3.05, 3.63) is 60.8 Å². The third-order valence-electron chi connectivity index (χ3n) is 6.44. The molecule has 0 amide bonds. The molecule has 174 valence electrons. The summed E-state index contributed by atoms with van der Waals surface area (Å²) in [5.74, 6) is 0.0938. The lowest BCUT2D eigenvalue weighted by molar-refractivity contribution is 0.0224. The standard InChI is InChI=1S/C26H43N3O2/c1-6-10-22(3)11-8-19-31-20-9-14-27-15-12-26(13-16-27)29-18-17-28(21-25(29)7-2)23(4)24(5)30/h6,8,10-11,19,25-26,30H,4-5,7,9,12-18,20-21H2,1-3H3/b10-6-,19-8+,22-11-. The van der Waals surface area contributed by atoms with Crippen LogP contribution in [-0.2, 0) is 4.74 Å². The second-order valence-corrected chi connectivity index (χ2v) is 8.68. The second kappa shape index (κ2) is 13.4. The van der Waals surface area contributed by atoms with Gasteiger partial charge in [-0.2, -0.15) is 0 Å². The van der Waals surface area contributed by atoms with Crippen molar-refractivity contribution in [1.29, 1.82) is 0 Å². The van der Waals surface area contributed by atoms with E-state index in [-0.39, 0.29) is 5.76 Å². The topological polar surface area (TPSA) is 39.2 Å². The molecule has 0 bridgehead atoms. The van der Waals surface area contributed by atoms with Gasteiger partial charge in [0.15, 0.2) is 0 Å². The summed E-state index contributed by atoms with van der Waals surface area (Å²) in [6.45, 7) is 21.1. The van der Waals surface area contributed by atoms with Gasteiger partial charge in [-0.1, -0.05) is 43.9 Å². The van der Waals surface area contributed by atoms with Gasteiger partial charge in [-0.3, -0.25) is 4.90 Å². The van der Waals surface area contributed by atoms with Crippen LogP contribution in [0.4, 0.5) is 0 Å². The maximum absolute atomic E-state index is 9.68. The first-order chi connectivity index (χ1) is 15.0. The molecular formula is C26H43N3O2. The first-order valence-electron chi connectivity index (χ1n) is 11.8. The number of allylic oxidation sites excluding steroid dienone is 5. The van der Waals surface area contributed by atoms with Gasteiger partial charge in [0.05, 0.1) is 18.6 Å². The average Bonchev–Trinajstić information content (AvgIpc) is 2.78. The first-order valence-corrected chi connectivity index (χ1v) is 11.8. The summed E-state index contributed by atoms with van der Waals surface area (Å²) >= 11 is 0. The number of rotatable bonds is 11. The van der Waals surface area contributed by atoms with E-state index in [1.165, 1.54) is 31.5 Å². The molecule has 5 nitrogen and oxygen atoms in total. The molecule has 2 aliphatic rings. The lowest BCUT2D eigenvalue weighted by atomic mass is 9.98. The van der Waals surface area contributed by atoms with Crippen molar-refractivity contribution in [3.63, 3.8) is 0 Å². The van der Waals surface area contributed by atoms with Crippen LogP contribution in [0.2, 0.25) is 0 Å². The zero-order valence-corrected chi connectivity index (χ0v) is 19.9. The summed E-state index contributed by atoms with van der Waals surface area (Å²) in [5, 5.41) is 9.68. The zero-order valence-electron chi connectivity index (χ0n) is 19.9. The molecule has 0 aromatic carbocycles. The second-order valence-electron chi connectivity index (χ2n) is 8.68. The molecule has 5 heteroatoms. The molecule has 1 atom stereocenters. The van der Waals surface area contributed by atoms with Crippen molar-refractivity contribution < 1.29 is 9.84 Å². The Morgan fingerprint density at radius 3 is 2.55 bits per heavy atom. The molecule has 2 saturated heterocycles. The number of piperazine rings is 1. The Morgan fingerprint density at radius 1 is 1.16 bits per heavy atom. The molecular weight excluding hydrogens is 386 g/mol. The van der Waals surface area contributed by atoms with E-state index in [1.54, 1.807) is 6.26 Å². The molecule has 0 radical (unpaired) electrons. The molecule has 2 rings (SSSR count). The molecule has 1 unspecified atom stereocenters. The van der Waals surface area contributed by atoms with Crippen molar-refractivity contribution in [3.8, 4) is 0 Å². The van der Waals surface area contributed by atoms with E-state index in [0.29, 0.717) is 17.8 Å². The molecule has 1 N–H and O–H groups in total. The lowest BCUT2D eigenvalue weighted by Crippen LogP contribution is -2.58. The van der Waals surface area contributed by atoms with Crippen LogP contribution in [-0.4, -0.2) is 77.8 Å². The van der Waals surface area contributed by atoms with Gasteiger partial charge in [0.2, 0.25) is 0 Å². The fourth-order valence-corrected chi connectivity index (χ4v) is 4.62. The largest absolute Gasteiger partial charge is 0.506 e. The predicted molar refractivity (Wildman–Crippen MR) is 131 cm³/mol. The number of likely N-dealkylation sites (tertiary alicyclic amines) is 1. The summed E-state index contributed by atoms with van der Waals surface area (Å²) in [6.07, 6.45) is 14.6. The van der Waals surface area contributed by atoms with Gasteiger partial charge in [-0.25, -0.2) is 0 Å². The third kappa shape index (κ3) is 8.23. The molecule has 0 aliphatic carbocycles. The molecule has 2 heterocycles. The van der Waals surface area contributed by atoms with Gasteiger partial charge in [0.1, 0.15) is 5.76 Å². The summed E-state index contributed by atoms with van der Waals surface area (Å²) in [6, 6.07) is 1.19. The van der Waals surface area contributed by atoms with Crippen molar-refractivity contribution >= 4 is 0 Å². The zero-order chi connectivity index (χ0) is 22.6. The highest BCUT2D eigenvalue weighted by molar-refractivity contribution is 5.20. The van der Waals surface area contributed by atoms with Crippen LogP contribution in [0.1, 0.15) is 46.5 Å². The number of nitrogens with zero attached hydrogens (tertiary/aromatic N) is 3. The molecule has 0 spiro atoms. The summed E-state index contributed by atoms with van der Waals surface area (Å²) < 4.78 is 5.62. The van der Waals surface area contributed by atoms with Crippen molar-refractivity contribution in [2.75, 3.05) is 45.9 Å². The quantitative estimate of drug-likeness (QED) is 0.288. The molecule has 31 heavy (non-hydrogen) atoms. The predicted octanol–water partition coefficient (Wildman–Crippen LogP) is 4.88. The fraction of sp³-hybridized carbons (Fsp3) is 0.615. The summed E-state index contributed by atoms with van der Waals surface area (Å²) in [5.41, 5.74) is 1.90. The minimum atomic E-state index is 0.0938. The van der Waals surface area contributed by atoms with E-state index in [9.17, 15) is 5.11 Å². The van der Waals surface area contributed by atoms with Crippen LogP contribution in [0.3, 0.4) is 0 Å². The van der Waals surface area contributed by atoms with Crippen LogP contribution in [0.15, 0.2) is 60.8 Å². The van der Waals surface area contributed by atoms with Crippen molar-refractivity contribution in [2.24, 2.45) is 0 Å². The smallest absolute Gasteiger partial charge is 0.131 e. The van der Waals surface area contributed by atoms with E-state index >= 15 is 0 Å². The number of hydrogen-bond acceptors (Lipinski definition) is 5. The maximum Gasteiger partial charge on any atom is 0.131 e. The Hall–Kier alpha value is -1.98. The average molecular weight is 430 g/mol. The summed E-state index contributed by atoms with van der Waals surface area (Å²) in [7, 11) is 0. The van der Waals surface area contributed by atoms with Crippen LogP contribution in [0, 0.1) is 0 Å². The van der Waals surface area contributed by atoms with Crippen molar-refractivity contribution in [1.82, 2.24) is 14.7 Å². The normalized spacial score (nSPS) is 22.5. The Labute approximate surface area is 190 Å². The third-order valence-corrected chi connectivity index (χ3v) is 6.44. The Kier molecular flexibility index (Phi) is 11.0. The number of piperidine rings is 1. The SMILES string of the molecule is C=C(O)C(=C)N1CCN(C2CCN(CCCO/C=C/C=C(C)\C=C/C)CC2)C(CC)C1. The maximum atomic E-state index is 9.68. The van der Waals surface area contributed by atoms with Gasteiger partial charge in [0.25, 0.3) is 0 Å². The molecule has 0 aromatic rings. The lowest BCUT2D eigenvalue weighted by Gasteiger charge is -2.48. The highest BCUT2D eigenvalue weighted by Crippen LogP contribution is 2.25. The van der Waals surface area contributed by atoms with Crippen molar-refractivity contribution in [2.45, 2.75) is 58.5 Å². The fourth-order valence-electron chi connectivity index (χ4n) is 4.62. The van der Waals surface area contributed by atoms with Gasteiger partial charge in [-0.05, 0) is 58.7 Å². The van der Waals surface area contributed by atoms with Crippen LogP contribution < -0.4 is 0 Å². The van der Waals surface area contributed by atoms with E-state index in [4.69, 9.17) is 4.74 Å². The van der Waals surface area contributed by atoms with Crippen LogP contribution in [0.5, 0.6) is 0 Å². The number of aliphatic hydroxyl groups is 1. The molecule has 0 saturated carbocycles. The van der Waals surface area contributed by atoms with Gasteiger partial charge < -0.3 is 19.6 Å². The van der Waals surface area contributed by atoms with E-state index < -0.39 is 0 Å². The Morgan fingerprint density at radius 2 is 1.90 bits per heavy atom.